The number of methoxy groups -OCH3 is 2. The first-order valence-electron chi connectivity index (χ1n) is 14.7. The molecule has 6 rings (SSSR count). The van der Waals surface area contributed by atoms with Crippen LogP contribution in [-0.2, 0) is 23.8 Å². The Morgan fingerprint density at radius 3 is 2.70 bits per heavy atom. The molecule has 228 valence electrons. The molecule has 0 radical (unpaired) electrons. The molecule has 43 heavy (non-hydrogen) atoms. The maximum absolute atomic E-state index is 14.8. The lowest BCUT2D eigenvalue weighted by molar-refractivity contribution is -0.148. The first kappa shape index (κ1) is 29.5. The second-order valence-corrected chi connectivity index (χ2v) is 12.4. The lowest BCUT2D eigenvalue weighted by Gasteiger charge is -2.44. The Labute approximate surface area is 254 Å². The largest absolute Gasteiger partial charge is 0.496 e. The molecule has 1 aliphatic carbocycles. The fourth-order valence-electron chi connectivity index (χ4n) is 6.75. The van der Waals surface area contributed by atoms with Crippen LogP contribution in [0.3, 0.4) is 0 Å². The van der Waals surface area contributed by atoms with Crippen LogP contribution in [0.2, 0.25) is 0 Å². The Kier molecular flexibility index (Phi) is 8.39. The van der Waals surface area contributed by atoms with Crippen molar-refractivity contribution in [1.82, 2.24) is 4.98 Å². The summed E-state index contributed by atoms with van der Waals surface area (Å²) in [5.41, 5.74) is 0.624. The topological polar surface area (TPSA) is 117 Å². The molecule has 0 N–H and O–H groups in total. The number of ketones is 1. The molecule has 11 heteroatoms. The van der Waals surface area contributed by atoms with E-state index in [2.05, 4.69) is 4.98 Å². The molecule has 1 saturated heterocycles. The van der Waals surface area contributed by atoms with Crippen molar-refractivity contribution in [1.29, 1.82) is 0 Å². The van der Waals surface area contributed by atoms with Crippen molar-refractivity contribution in [2.45, 2.75) is 57.7 Å². The summed E-state index contributed by atoms with van der Waals surface area (Å²) in [7, 11) is 2.96. The van der Waals surface area contributed by atoms with Crippen LogP contribution < -0.4 is 9.64 Å². The highest BCUT2D eigenvalue weighted by molar-refractivity contribution is 7.20. The summed E-state index contributed by atoms with van der Waals surface area (Å²) in [6.45, 7) is 3.23. The van der Waals surface area contributed by atoms with Crippen molar-refractivity contribution in [3.8, 4) is 16.5 Å². The van der Waals surface area contributed by atoms with E-state index in [9.17, 15) is 14.4 Å². The van der Waals surface area contributed by atoms with Gasteiger partial charge in [0.1, 0.15) is 28.5 Å². The van der Waals surface area contributed by atoms with Crippen LogP contribution in [0.1, 0.15) is 66.1 Å². The van der Waals surface area contributed by atoms with Gasteiger partial charge in [0.15, 0.2) is 5.78 Å². The zero-order chi connectivity index (χ0) is 30.1. The van der Waals surface area contributed by atoms with Gasteiger partial charge in [-0.3, -0.25) is 19.3 Å². The van der Waals surface area contributed by atoms with Crippen molar-refractivity contribution >= 4 is 34.0 Å². The van der Waals surface area contributed by atoms with Gasteiger partial charge < -0.3 is 23.4 Å². The van der Waals surface area contributed by atoms with Crippen LogP contribution in [0.15, 0.2) is 41.1 Å². The van der Waals surface area contributed by atoms with E-state index >= 15 is 0 Å². The number of aromatic nitrogens is 1. The average molecular weight is 609 g/mol. The fraction of sp³-hybridized carbons (Fsp3) is 0.500. The fourth-order valence-corrected chi connectivity index (χ4v) is 8.00. The Morgan fingerprint density at radius 2 is 1.98 bits per heavy atom. The standard InChI is InChI=1S/C32H36N2O8S/c1-19-25-27(35)32(12-6-7-20(17-32)30(36)39-3)31(37)34(29(25)43-26(19)28-33-13-16-41-28)18-24(42-21-10-14-40-15-11-21)22-8-4-5-9-23(22)38-2/h4-5,8-9,13,16,20-21,24H,6-7,10-12,14-15,17-18H2,1-3H3. The molecule has 3 atom stereocenters. The minimum absolute atomic E-state index is 0.0649. The quantitative estimate of drug-likeness (QED) is 0.240. The van der Waals surface area contributed by atoms with Crippen molar-refractivity contribution < 1.29 is 37.7 Å². The first-order valence-corrected chi connectivity index (χ1v) is 15.5. The van der Waals surface area contributed by atoms with Gasteiger partial charge in [-0.1, -0.05) is 24.6 Å². The Bertz CT molecular complexity index is 1490. The molecule has 0 bridgehead atoms. The number of carbonyl (C=O) groups is 3. The predicted molar refractivity (Wildman–Crippen MR) is 158 cm³/mol. The highest BCUT2D eigenvalue weighted by atomic mass is 32.1. The van der Waals surface area contributed by atoms with Gasteiger partial charge in [-0.2, -0.15) is 0 Å². The number of oxazole rings is 1. The number of nitrogens with zero attached hydrogens (tertiary/aromatic N) is 2. The number of rotatable bonds is 8. The first-order chi connectivity index (χ1) is 20.9. The number of anilines is 1. The summed E-state index contributed by atoms with van der Waals surface area (Å²) in [5.74, 6) is -0.446. The monoisotopic (exact) mass is 608 g/mol. The molecule has 1 spiro atoms. The van der Waals surface area contributed by atoms with Crippen LogP contribution >= 0.6 is 11.3 Å². The van der Waals surface area contributed by atoms with E-state index < -0.39 is 23.4 Å². The van der Waals surface area contributed by atoms with E-state index in [0.29, 0.717) is 65.1 Å². The van der Waals surface area contributed by atoms with Crippen LogP contribution in [0.5, 0.6) is 5.75 Å². The van der Waals surface area contributed by atoms with Crippen LogP contribution in [-0.4, -0.2) is 62.7 Å². The third-order valence-corrected chi connectivity index (χ3v) is 10.3. The highest BCUT2D eigenvalue weighted by Gasteiger charge is 2.57. The molecule has 2 fully saturated rings. The van der Waals surface area contributed by atoms with Crippen molar-refractivity contribution in [2.75, 3.05) is 38.9 Å². The van der Waals surface area contributed by atoms with Gasteiger partial charge in [-0.25, -0.2) is 4.98 Å². The van der Waals surface area contributed by atoms with Gasteiger partial charge in [0, 0.05) is 18.8 Å². The maximum Gasteiger partial charge on any atom is 0.308 e. The molecular weight excluding hydrogens is 572 g/mol. The summed E-state index contributed by atoms with van der Waals surface area (Å²) in [6.07, 6.45) is 5.50. The molecule has 1 amide bonds. The van der Waals surface area contributed by atoms with Crippen LogP contribution in [0.4, 0.5) is 5.00 Å². The zero-order valence-electron chi connectivity index (χ0n) is 24.6. The van der Waals surface area contributed by atoms with Crippen LogP contribution in [0, 0.1) is 18.3 Å². The van der Waals surface area contributed by atoms with E-state index in [-0.39, 0.29) is 30.8 Å². The van der Waals surface area contributed by atoms with Crippen LogP contribution in [0.25, 0.3) is 10.8 Å². The molecule has 10 nitrogen and oxygen atoms in total. The number of benzene rings is 1. The maximum atomic E-state index is 14.8. The Balaban J connectivity index is 1.47. The minimum Gasteiger partial charge on any atom is -0.496 e. The SMILES string of the molecule is COC(=O)C1CCCC2(C1)C(=O)c1c(sc(-c3ncco3)c1C)N(CC(OC1CCOCC1)c1ccccc1OC)C2=O. The van der Waals surface area contributed by atoms with E-state index in [1.54, 1.807) is 18.2 Å². The average Bonchev–Trinajstić information content (AvgIpc) is 3.70. The smallest absolute Gasteiger partial charge is 0.308 e. The predicted octanol–water partition coefficient (Wildman–Crippen LogP) is 5.54. The summed E-state index contributed by atoms with van der Waals surface area (Å²) in [6, 6.07) is 7.64. The summed E-state index contributed by atoms with van der Waals surface area (Å²) in [4.78, 5) is 48.7. The lowest BCUT2D eigenvalue weighted by atomic mass is 9.63. The Morgan fingerprint density at radius 1 is 1.19 bits per heavy atom. The van der Waals surface area contributed by atoms with Gasteiger partial charge in [-0.05, 0) is 50.7 Å². The van der Waals surface area contributed by atoms with Crippen molar-refractivity contribution in [2.24, 2.45) is 11.3 Å². The number of Topliss-reactive ketones (excluding diaryl/α,β-unsaturated/α-hetero) is 1. The number of para-hydroxylation sites is 1. The number of ether oxygens (including phenoxy) is 4. The number of amides is 1. The van der Waals surface area contributed by atoms with E-state index in [1.165, 1.54) is 24.7 Å². The normalized spacial score (nSPS) is 23.3. The third-order valence-electron chi connectivity index (χ3n) is 8.96. The summed E-state index contributed by atoms with van der Waals surface area (Å²) >= 11 is 1.32. The van der Waals surface area contributed by atoms with Crippen molar-refractivity contribution in [3.05, 3.63) is 53.4 Å². The van der Waals surface area contributed by atoms with Gasteiger partial charge in [-0.15, -0.1) is 11.3 Å². The van der Waals surface area contributed by atoms with E-state index in [4.69, 9.17) is 23.4 Å². The minimum atomic E-state index is -1.38. The number of esters is 1. The zero-order valence-corrected chi connectivity index (χ0v) is 25.4. The number of hydrogen-bond acceptors (Lipinski definition) is 10. The molecule has 2 aliphatic heterocycles. The highest BCUT2D eigenvalue weighted by Crippen LogP contribution is 2.54. The third kappa shape index (κ3) is 5.27. The summed E-state index contributed by atoms with van der Waals surface area (Å²) < 4.78 is 28.7. The molecule has 4 heterocycles. The molecule has 1 saturated carbocycles. The van der Waals surface area contributed by atoms with Crippen molar-refractivity contribution in [3.63, 3.8) is 0 Å². The van der Waals surface area contributed by atoms with E-state index in [1.807, 2.05) is 31.2 Å². The number of carbonyl (C=O) groups excluding carboxylic acids is 3. The van der Waals surface area contributed by atoms with Gasteiger partial charge in [0.2, 0.25) is 11.8 Å². The van der Waals surface area contributed by atoms with Gasteiger partial charge >= 0.3 is 5.97 Å². The number of hydrogen-bond donors (Lipinski definition) is 0. The second kappa shape index (κ2) is 12.2. The second-order valence-electron chi connectivity index (χ2n) is 11.4. The Hall–Kier alpha value is -3.54. The number of thiophene rings is 1. The van der Waals surface area contributed by atoms with Gasteiger partial charge in [0.25, 0.3) is 0 Å². The molecule has 2 aromatic heterocycles. The van der Waals surface area contributed by atoms with E-state index in [0.717, 1.165) is 18.4 Å². The van der Waals surface area contributed by atoms with Gasteiger partial charge in [0.05, 0.1) is 49.4 Å². The molecular formula is C32H36N2O8S. The lowest BCUT2D eigenvalue weighted by Crippen LogP contribution is -2.56. The number of fused-ring (bicyclic) bond motifs is 1. The molecule has 3 aliphatic rings. The molecule has 1 aromatic carbocycles. The molecule has 3 unspecified atom stereocenters. The summed E-state index contributed by atoms with van der Waals surface area (Å²) in [5, 5.41) is 0.544. The molecule has 3 aromatic rings.